The highest BCUT2D eigenvalue weighted by Crippen LogP contribution is 2.33. The van der Waals surface area contributed by atoms with Crippen molar-refractivity contribution in [3.63, 3.8) is 0 Å². The fourth-order valence-corrected chi connectivity index (χ4v) is 3.08. The van der Waals surface area contributed by atoms with Crippen molar-refractivity contribution >= 4 is 27.4 Å². The number of hydrogen-bond donors (Lipinski definition) is 1. The van der Waals surface area contributed by atoms with E-state index in [2.05, 4.69) is 38.0 Å². The van der Waals surface area contributed by atoms with E-state index in [1.54, 1.807) is 11.3 Å². The zero-order chi connectivity index (χ0) is 13.1. The number of aryl methyl sites for hydroxylation is 3. The molecule has 0 atom stereocenters. The first-order valence-corrected chi connectivity index (χ1v) is 7.49. The van der Waals surface area contributed by atoms with Crippen LogP contribution in [0.3, 0.4) is 0 Å². The molecule has 0 amide bonds. The van der Waals surface area contributed by atoms with Crippen LogP contribution in [0.4, 0.5) is 5.82 Å². The molecule has 2 aromatic rings. The third-order valence-corrected chi connectivity index (χ3v) is 4.27. The first-order chi connectivity index (χ1) is 8.67. The highest BCUT2D eigenvalue weighted by atomic mass is 32.1. The van der Waals surface area contributed by atoms with E-state index in [0.717, 1.165) is 35.9 Å². The van der Waals surface area contributed by atoms with Crippen molar-refractivity contribution in [1.29, 1.82) is 0 Å². The van der Waals surface area contributed by atoms with Crippen LogP contribution in [0.25, 0.3) is 10.2 Å². The molecule has 2 aromatic heterocycles. The van der Waals surface area contributed by atoms with Gasteiger partial charge in [0.2, 0.25) is 0 Å². The molecule has 0 saturated heterocycles. The highest BCUT2D eigenvalue weighted by molar-refractivity contribution is 7.18. The molecule has 0 aliphatic rings. The summed E-state index contributed by atoms with van der Waals surface area (Å²) in [7, 11) is 0. The summed E-state index contributed by atoms with van der Waals surface area (Å²) in [5.41, 5.74) is 1.31. The van der Waals surface area contributed by atoms with E-state index in [0.29, 0.717) is 0 Å². The number of fused-ring (bicyclic) bond motifs is 1. The van der Waals surface area contributed by atoms with Crippen LogP contribution >= 0.6 is 11.3 Å². The standard InChI is InChI=1S/C14H21N3S/c1-5-7-8-11-16-13(15-6-2)12-9(3)10(4)18-14(12)17-11/h5-8H2,1-4H3,(H,15,16,17). The van der Waals surface area contributed by atoms with Crippen LogP contribution in [-0.4, -0.2) is 16.5 Å². The quantitative estimate of drug-likeness (QED) is 0.883. The van der Waals surface area contributed by atoms with Crippen LogP contribution in [0.1, 0.15) is 43.0 Å². The molecule has 0 bridgehead atoms. The lowest BCUT2D eigenvalue weighted by Gasteiger charge is -2.07. The van der Waals surface area contributed by atoms with Crippen molar-refractivity contribution in [1.82, 2.24) is 9.97 Å². The zero-order valence-corrected chi connectivity index (χ0v) is 12.4. The van der Waals surface area contributed by atoms with Crippen LogP contribution in [-0.2, 0) is 6.42 Å². The van der Waals surface area contributed by atoms with Crippen LogP contribution in [0.15, 0.2) is 0 Å². The molecule has 4 heteroatoms. The van der Waals surface area contributed by atoms with Gasteiger partial charge < -0.3 is 5.32 Å². The van der Waals surface area contributed by atoms with Crippen LogP contribution < -0.4 is 5.32 Å². The van der Waals surface area contributed by atoms with E-state index in [-0.39, 0.29) is 0 Å². The van der Waals surface area contributed by atoms with E-state index in [1.165, 1.54) is 22.2 Å². The number of rotatable bonds is 5. The maximum absolute atomic E-state index is 4.70. The van der Waals surface area contributed by atoms with E-state index in [1.807, 2.05) is 0 Å². The first kappa shape index (κ1) is 13.3. The Morgan fingerprint density at radius 1 is 1.17 bits per heavy atom. The molecule has 0 saturated carbocycles. The Bertz CT molecular complexity index is 545. The van der Waals surface area contributed by atoms with Crippen molar-refractivity contribution in [2.45, 2.75) is 47.0 Å². The van der Waals surface area contributed by atoms with Gasteiger partial charge in [0, 0.05) is 17.8 Å². The minimum atomic E-state index is 0.896. The lowest BCUT2D eigenvalue weighted by Crippen LogP contribution is -2.04. The molecule has 0 aliphatic heterocycles. The largest absolute Gasteiger partial charge is 0.370 e. The molecule has 0 unspecified atom stereocenters. The number of thiophene rings is 1. The molecule has 18 heavy (non-hydrogen) atoms. The highest BCUT2D eigenvalue weighted by Gasteiger charge is 2.13. The van der Waals surface area contributed by atoms with Crippen molar-refractivity contribution in [2.24, 2.45) is 0 Å². The summed E-state index contributed by atoms with van der Waals surface area (Å²) in [6.07, 6.45) is 3.31. The monoisotopic (exact) mass is 263 g/mol. The molecule has 1 N–H and O–H groups in total. The average Bonchev–Trinajstić information content (AvgIpc) is 2.63. The van der Waals surface area contributed by atoms with Gasteiger partial charge in [-0.05, 0) is 32.8 Å². The second-order valence-electron chi connectivity index (χ2n) is 4.59. The lowest BCUT2D eigenvalue weighted by molar-refractivity contribution is 0.758. The summed E-state index contributed by atoms with van der Waals surface area (Å²) in [6.45, 7) is 9.51. The van der Waals surface area contributed by atoms with Gasteiger partial charge in [0.1, 0.15) is 16.5 Å². The number of unbranched alkanes of at least 4 members (excludes halogenated alkanes) is 1. The molecule has 0 fully saturated rings. The Morgan fingerprint density at radius 2 is 1.94 bits per heavy atom. The van der Waals surface area contributed by atoms with Gasteiger partial charge in [-0.25, -0.2) is 9.97 Å². The third-order valence-electron chi connectivity index (χ3n) is 3.17. The minimum absolute atomic E-state index is 0.896. The van der Waals surface area contributed by atoms with Crippen molar-refractivity contribution in [3.05, 3.63) is 16.3 Å². The van der Waals surface area contributed by atoms with Gasteiger partial charge in [0.05, 0.1) is 5.39 Å². The predicted molar refractivity (Wildman–Crippen MR) is 79.7 cm³/mol. The summed E-state index contributed by atoms with van der Waals surface area (Å²) in [6, 6.07) is 0. The van der Waals surface area contributed by atoms with Gasteiger partial charge in [-0.2, -0.15) is 0 Å². The smallest absolute Gasteiger partial charge is 0.138 e. The number of aromatic nitrogens is 2. The SMILES string of the molecule is CCCCc1nc(NCC)c2c(C)c(C)sc2n1. The molecule has 2 rings (SSSR count). The van der Waals surface area contributed by atoms with Gasteiger partial charge in [-0.1, -0.05) is 13.3 Å². The fourth-order valence-electron chi connectivity index (χ4n) is 2.04. The first-order valence-electron chi connectivity index (χ1n) is 6.67. The molecule has 2 heterocycles. The normalized spacial score (nSPS) is 11.1. The topological polar surface area (TPSA) is 37.8 Å². The molecule has 0 aliphatic carbocycles. The summed E-state index contributed by atoms with van der Waals surface area (Å²) in [4.78, 5) is 11.9. The van der Waals surface area contributed by atoms with E-state index >= 15 is 0 Å². The number of anilines is 1. The zero-order valence-electron chi connectivity index (χ0n) is 11.6. The Morgan fingerprint density at radius 3 is 2.61 bits per heavy atom. The number of hydrogen-bond acceptors (Lipinski definition) is 4. The fraction of sp³-hybridized carbons (Fsp3) is 0.571. The predicted octanol–water partition coefficient (Wildman–Crippen LogP) is 4.08. The molecule has 0 radical (unpaired) electrons. The maximum Gasteiger partial charge on any atom is 0.138 e. The number of nitrogens with one attached hydrogen (secondary N) is 1. The second-order valence-corrected chi connectivity index (χ2v) is 5.79. The van der Waals surface area contributed by atoms with Crippen LogP contribution in [0, 0.1) is 13.8 Å². The van der Waals surface area contributed by atoms with E-state index in [9.17, 15) is 0 Å². The Labute approximate surface area is 113 Å². The van der Waals surface area contributed by atoms with Gasteiger partial charge in [0.15, 0.2) is 0 Å². The van der Waals surface area contributed by atoms with Gasteiger partial charge in [0.25, 0.3) is 0 Å². The summed E-state index contributed by atoms with van der Waals surface area (Å²) in [5, 5.41) is 4.59. The molecular formula is C14H21N3S. The van der Waals surface area contributed by atoms with Gasteiger partial charge in [-0.3, -0.25) is 0 Å². The summed E-state index contributed by atoms with van der Waals surface area (Å²) in [5.74, 6) is 1.98. The van der Waals surface area contributed by atoms with Crippen LogP contribution in [0.2, 0.25) is 0 Å². The van der Waals surface area contributed by atoms with E-state index < -0.39 is 0 Å². The van der Waals surface area contributed by atoms with Crippen molar-refractivity contribution in [2.75, 3.05) is 11.9 Å². The van der Waals surface area contributed by atoms with Gasteiger partial charge >= 0.3 is 0 Å². The Hall–Kier alpha value is -1.16. The molecule has 0 spiro atoms. The Kier molecular flexibility index (Phi) is 4.17. The minimum Gasteiger partial charge on any atom is -0.370 e. The van der Waals surface area contributed by atoms with E-state index in [4.69, 9.17) is 4.98 Å². The molecular weight excluding hydrogens is 242 g/mol. The third kappa shape index (κ3) is 2.48. The Balaban J connectivity index is 2.52. The molecule has 0 aromatic carbocycles. The summed E-state index contributed by atoms with van der Waals surface area (Å²) < 4.78 is 0. The average molecular weight is 263 g/mol. The second kappa shape index (κ2) is 5.65. The van der Waals surface area contributed by atoms with Crippen molar-refractivity contribution in [3.8, 4) is 0 Å². The van der Waals surface area contributed by atoms with Crippen LogP contribution in [0.5, 0.6) is 0 Å². The van der Waals surface area contributed by atoms with Gasteiger partial charge in [-0.15, -0.1) is 11.3 Å². The summed E-state index contributed by atoms with van der Waals surface area (Å²) >= 11 is 1.78. The van der Waals surface area contributed by atoms with Crippen molar-refractivity contribution < 1.29 is 0 Å². The molecule has 3 nitrogen and oxygen atoms in total. The maximum atomic E-state index is 4.70. The number of nitrogens with zero attached hydrogens (tertiary/aromatic N) is 2. The lowest BCUT2D eigenvalue weighted by atomic mass is 10.2. The molecule has 98 valence electrons.